The van der Waals surface area contributed by atoms with Gasteiger partial charge in [0, 0.05) is 25.2 Å². The highest BCUT2D eigenvalue weighted by Gasteiger charge is 2.29. The Morgan fingerprint density at radius 2 is 1.74 bits per heavy atom. The normalized spacial score (nSPS) is 20.4. The number of hydrogen-bond donors (Lipinski definition) is 1. The Labute approximate surface area is 142 Å². The van der Waals surface area contributed by atoms with Crippen molar-refractivity contribution in [1.29, 1.82) is 0 Å². The molecule has 1 amide bonds. The van der Waals surface area contributed by atoms with Crippen LogP contribution in [0.15, 0.2) is 24.3 Å². The summed E-state index contributed by atoms with van der Waals surface area (Å²) in [6, 6.07) is 7.04. The molecule has 0 aliphatic carbocycles. The fourth-order valence-corrected chi connectivity index (χ4v) is 2.57. The summed E-state index contributed by atoms with van der Waals surface area (Å²) in [7, 11) is 1.34. The first kappa shape index (κ1) is 19.3. The fraction of sp³-hybridized carbons (Fsp3) is 0.500. The van der Waals surface area contributed by atoms with E-state index in [1.54, 1.807) is 29.2 Å². The van der Waals surface area contributed by atoms with Gasteiger partial charge in [0.05, 0.1) is 12.7 Å². The molecule has 2 atom stereocenters. The number of carbonyl (C=O) groups is 2. The van der Waals surface area contributed by atoms with Crippen molar-refractivity contribution < 1.29 is 19.1 Å². The molecule has 0 bridgehead atoms. The van der Waals surface area contributed by atoms with Gasteiger partial charge in [0.2, 0.25) is 0 Å². The molecule has 2 rings (SSSR count). The number of hydrogen-bond acceptors (Lipinski definition) is 5. The van der Waals surface area contributed by atoms with Gasteiger partial charge in [0.15, 0.2) is 0 Å². The Bertz CT molecular complexity index is 525. The number of rotatable bonds is 3. The molecule has 1 heterocycles. The van der Waals surface area contributed by atoms with E-state index >= 15 is 0 Å². The van der Waals surface area contributed by atoms with Gasteiger partial charge < -0.3 is 19.7 Å². The van der Waals surface area contributed by atoms with Crippen LogP contribution < -0.4 is 5.32 Å². The quantitative estimate of drug-likeness (QED) is 0.853. The molecular weight excluding hydrogens is 320 g/mol. The van der Waals surface area contributed by atoms with Gasteiger partial charge in [0.1, 0.15) is 6.61 Å². The smallest absolute Gasteiger partial charge is 0.410 e. The molecule has 23 heavy (non-hydrogen) atoms. The van der Waals surface area contributed by atoms with E-state index in [0.29, 0.717) is 5.56 Å². The zero-order valence-electron chi connectivity index (χ0n) is 13.6. The average molecular weight is 343 g/mol. The van der Waals surface area contributed by atoms with Crippen molar-refractivity contribution >= 4 is 24.5 Å². The molecule has 1 fully saturated rings. The third-order valence-corrected chi connectivity index (χ3v) is 3.78. The van der Waals surface area contributed by atoms with Gasteiger partial charge in [-0.1, -0.05) is 12.1 Å². The lowest BCUT2D eigenvalue weighted by Crippen LogP contribution is -2.57. The summed E-state index contributed by atoms with van der Waals surface area (Å²) < 4.78 is 10.0. The van der Waals surface area contributed by atoms with Crippen molar-refractivity contribution in [3.8, 4) is 0 Å². The lowest BCUT2D eigenvalue weighted by Gasteiger charge is -2.38. The predicted molar refractivity (Wildman–Crippen MR) is 88.8 cm³/mol. The first-order chi connectivity index (χ1) is 10.5. The minimum atomic E-state index is -0.382. The van der Waals surface area contributed by atoms with Crippen molar-refractivity contribution in [2.45, 2.75) is 32.5 Å². The molecule has 1 aliphatic heterocycles. The van der Waals surface area contributed by atoms with Crippen LogP contribution in [0.3, 0.4) is 0 Å². The first-order valence-electron chi connectivity index (χ1n) is 7.36. The van der Waals surface area contributed by atoms with E-state index < -0.39 is 0 Å². The van der Waals surface area contributed by atoms with E-state index in [4.69, 9.17) is 4.74 Å². The number of methoxy groups -OCH3 is 1. The van der Waals surface area contributed by atoms with Gasteiger partial charge in [-0.2, -0.15) is 0 Å². The van der Waals surface area contributed by atoms with Crippen LogP contribution in [0, 0.1) is 0 Å². The molecule has 0 spiro atoms. The highest BCUT2D eigenvalue weighted by atomic mass is 35.5. The molecule has 0 radical (unpaired) electrons. The van der Waals surface area contributed by atoms with Crippen molar-refractivity contribution in [3.05, 3.63) is 35.4 Å². The summed E-state index contributed by atoms with van der Waals surface area (Å²) >= 11 is 0. The van der Waals surface area contributed by atoms with Crippen molar-refractivity contribution in [2.75, 3.05) is 20.2 Å². The fourth-order valence-electron chi connectivity index (χ4n) is 2.57. The van der Waals surface area contributed by atoms with Gasteiger partial charge >= 0.3 is 12.1 Å². The summed E-state index contributed by atoms with van der Waals surface area (Å²) in [5.74, 6) is -0.382. The standard InChI is InChI=1S/C16H22N2O4.ClH/c1-11-8-17-9-12(2)18(11)16(20)22-10-13-4-6-14(7-5-13)15(19)21-3;/h4-7,11-12,17H,8-10H2,1-3H3;1H. The summed E-state index contributed by atoms with van der Waals surface area (Å²) in [5.41, 5.74) is 1.30. The van der Waals surface area contributed by atoms with E-state index in [2.05, 4.69) is 10.1 Å². The Morgan fingerprint density at radius 3 is 2.26 bits per heavy atom. The van der Waals surface area contributed by atoms with E-state index in [9.17, 15) is 9.59 Å². The zero-order chi connectivity index (χ0) is 16.1. The number of esters is 1. The maximum absolute atomic E-state index is 12.2. The number of halogens is 1. The maximum Gasteiger partial charge on any atom is 0.410 e. The Hall–Kier alpha value is -1.79. The maximum atomic E-state index is 12.2. The van der Waals surface area contributed by atoms with Gasteiger partial charge in [-0.3, -0.25) is 0 Å². The number of ether oxygens (including phenoxy) is 2. The molecular formula is C16H23ClN2O4. The third-order valence-electron chi connectivity index (χ3n) is 3.78. The molecule has 1 aliphatic rings. The van der Waals surface area contributed by atoms with Crippen LogP contribution in [-0.2, 0) is 16.1 Å². The second-order valence-corrected chi connectivity index (χ2v) is 5.51. The van der Waals surface area contributed by atoms with E-state index in [0.717, 1.165) is 18.7 Å². The summed E-state index contributed by atoms with van der Waals surface area (Å²) in [5, 5.41) is 3.27. The van der Waals surface area contributed by atoms with Crippen LogP contribution in [0.25, 0.3) is 0 Å². The van der Waals surface area contributed by atoms with E-state index in [1.807, 2.05) is 13.8 Å². The number of benzene rings is 1. The van der Waals surface area contributed by atoms with Crippen LogP contribution in [-0.4, -0.2) is 49.2 Å². The number of amides is 1. The average Bonchev–Trinajstić information content (AvgIpc) is 2.52. The van der Waals surface area contributed by atoms with Crippen molar-refractivity contribution in [2.24, 2.45) is 0 Å². The minimum absolute atomic E-state index is 0. The molecule has 0 saturated carbocycles. The van der Waals surface area contributed by atoms with E-state index in [1.165, 1.54) is 7.11 Å². The SMILES string of the molecule is COC(=O)c1ccc(COC(=O)N2C(C)CNCC2C)cc1.Cl. The molecule has 128 valence electrons. The molecule has 7 heteroatoms. The minimum Gasteiger partial charge on any atom is -0.465 e. The summed E-state index contributed by atoms with van der Waals surface area (Å²) in [6.07, 6.45) is -0.307. The lowest BCUT2D eigenvalue weighted by atomic mass is 10.1. The second-order valence-electron chi connectivity index (χ2n) is 5.51. The molecule has 0 aromatic heterocycles. The monoisotopic (exact) mass is 342 g/mol. The second kappa shape index (κ2) is 8.74. The van der Waals surface area contributed by atoms with Crippen LogP contribution in [0.2, 0.25) is 0 Å². The van der Waals surface area contributed by atoms with Gasteiger partial charge in [-0.15, -0.1) is 12.4 Å². The van der Waals surface area contributed by atoms with Crippen LogP contribution in [0.4, 0.5) is 4.79 Å². The van der Waals surface area contributed by atoms with E-state index in [-0.39, 0.29) is 43.2 Å². The van der Waals surface area contributed by atoms with Crippen LogP contribution in [0.5, 0.6) is 0 Å². The zero-order valence-corrected chi connectivity index (χ0v) is 14.4. The topological polar surface area (TPSA) is 67.9 Å². The Kier molecular flexibility index (Phi) is 7.32. The van der Waals surface area contributed by atoms with Crippen molar-refractivity contribution in [3.63, 3.8) is 0 Å². The summed E-state index contributed by atoms with van der Waals surface area (Å²) in [4.78, 5) is 25.3. The number of piperazine rings is 1. The van der Waals surface area contributed by atoms with Gasteiger partial charge in [-0.25, -0.2) is 9.59 Å². The predicted octanol–water partition coefficient (Wildman–Crippen LogP) is 2.21. The molecule has 2 unspecified atom stereocenters. The number of nitrogens with zero attached hydrogens (tertiary/aromatic N) is 1. The lowest BCUT2D eigenvalue weighted by molar-refractivity contribution is 0.0559. The molecule has 1 N–H and O–H groups in total. The van der Waals surface area contributed by atoms with Crippen LogP contribution >= 0.6 is 12.4 Å². The Morgan fingerprint density at radius 1 is 1.17 bits per heavy atom. The highest BCUT2D eigenvalue weighted by Crippen LogP contribution is 2.13. The highest BCUT2D eigenvalue weighted by molar-refractivity contribution is 5.89. The van der Waals surface area contributed by atoms with Crippen molar-refractivity contribution in [1.82, 2.24) is 10.2 Å². The number of nitrogens with one attached hydrogen (secondary N) is 1. The summed E-state index contributed by atoms with van der Waals surface area (Å²) in [6.45, 7) is 5.72. The van der Waals surface area contributed by atoms with Crippen LogP contribution in [0.1, 0.15) is 29.8 Å². The molecule has 1 saturated heterocycles. The molecule has 1 aromatic rings. The molecule has 1 aromatic carbocycles. The third kappa shape index (κ3) is 4.84. The molecule has 6 nitrogen and oxygen atoms in total. The first-order valence-corrected chi connectivity index (χ1v) is 7.36. The van der Waals surface area contributed by atoms with Gasteiger partial charge in [0.25, 0.3) is 0 Å². The largest absolute Gasteiger partial charge is 0.465 e. The van der Waals surface area contributed by atoms with Gasteiger partial charge in [-0.05, 0) is 31.5 Å². The number of carbonyl (C=O) groups excluding carboxylic acids is 2. The Balaban J connectivity index is 0.00000264.